The van der Waals surface area contributed by atoms with Crippen molar-refractivity contribution in [3.8, 4) is 0 Å². The summed E-state index contributed by atoms with van der Waals surface area (Å²) < 4.78 is 40.0. The number of ketones is 1. The van der Waals surface area contributed by atoms with Crippen molar-refractivity contribution in [3.05, 3.63) is 94.8 Å². The van der Waals surface area contributed by atoms with Crippen LogP contribution in [0.1, 0.15) is 53.5 Å². The molecule has 0 fully saturated rings. The number of fused-ring (bicyclic) bond motifs is 1. The van der Waals surface area contributed by atoms with Crippen LogP contribution in [0.2, 0.25) is 0 Å². The lowest BCUT2D eigenvalue weighted by atomic mass is 9.86. The van der Waals surface area contributed by atoms with Gasteiger partial charge in [-0.05, 0) is 28.7 Å². The van der Waals surface area contributed by atoms with Gasteiger partial charge in [-0.3, -0.25) is 4.79 Å². The van der Waals surface area contributed by atoms with Gasteiger partial charge >= 0.3 is 6.18 Å². The molecule has 0 saturated heterocycles. The average Bonchev–Trinajstić information content (AvgIpc) is 3.25. The van der Waals surface area contributed by atoms with Crippen LogP contribution in [0.3, 0.4) is 0 Å². The van der Waals surface area contributed by atoms with Crippen LogP contribution in [0.4, 0.5) is 19.0 Å². The highest BCUT2D eigenvalue weighted by Crippen LogP contribution is 2.29. The minimum atomic E-state index is -4.37. The molecule has 0 spiro atoms. The minimum absolute atomic E-state index is 0.00378. The zero-order valence-electron chi connectivity index (χ0n) is 19.1. The predicted molar refractivity (Wildman–Crippen MR) is 125 cm³/mol. The maximum absolute atomic E-state index is 12.9. The van der Waals surface area contributed by atoms with Crippen LogP contribution in [0.15, 0.2) is 66.9 Å². The van der Waals surface area contributed by atoms with Crippen molar-refractivity contribution in [1.82, 2.24) is 14.6 Å². The molecule has 0 saturated carbocycles. The zero-order chi connectivity index (χ0) is 24.5. The van der Waals surface area contributed by atoms with Crippen molar-refractivity contribution in [1.29, 1.82) is 0 Å². The monoisotopic (exact) mass is 466 g/mol. The number of rotatable bonds is 6. The van der Waals surface area contributed by atoms with Gasteiger partial charge < -0.3 is 5.32 Å². The third-order valence-electron chi connectivity index (χ3n) is 5.58. The molecule has 2 aromatic carbocycles. The maximum Gasteiger partial charge on any atom is 0.416 e. The van der Waals surface area contributed by atoms with Crippen molar-refractivity contribution in [2.75, 3.05) is 5.32 Å². The highest BCUT2D eigenvalue weighted by molar-refractivity contribution is 5.97. The number of aromatic nitrogens is 3. The summed E-state index contributed by atoms with van der Waals surface area (Å²) >= 11 is 0. The number of nitrogens with zero attached hydrogens (tertiary/aromatic N) is 3. The van der Waals surface area contributed by atoms with Crippen LogP contribution in [0.25, 0.3) is 5.65 Å². The van der Waals surface area contributed by atoms with Crippen molar-refractivity contribution >= 4 is 17.2 Å². The van der Waals surface area contributed by atoms with E-state index >= 15 is 0 Å². The summed E-state index contributed by atoms with van der Waals surface area (Å²) in [5.41, 5.74) is 2.91. The van der Waals surface area contributed by atoms with E-state index in [9.17, 15) is 18.0 Å². The Bertz CT molecular complexity index is 1300. The molecule has 4 rings (SSSR count). The summed E-state index contributed by atoms with van der Waals surface area (Å²) in [4.78, 5) is 17.4. The van der Waals surface area contributed by atoms with Gasteiger partial charge in [0, 0.05) is 24.2 Å². The molecule has 0 atom stereocenters. The van der Waals surface area contributed by atoms with E-state index in [1.54, 1.807) is 22.8 Å². The number of carbonyl (C=O) groups is 1. The molecule has 0 bridgehead atoms. The Hall–Kier alpha value is -3.68. The van der Waals surface area contributed by atoms with Crippen LogP contribution in [0, 0.1) is 0 Å². The fourth-order valence-electron chi connectivity index (χ4n) is 3.61. The number of nitrogens with one attached hydrogen (secondary N) is 1. The third-order valence-corrected chi connectivity index (χ3v) is 5.58. The van der Waals surface area contributed by atoms with Gasteiger partial charge in [0.05, 0.1) is 23.9 Å². The largest absolute Gasteiger partial charge is 0.416 e. The van der Waals surface area contributed by atoms with Crippen molar-refractivity contribution in [3.63, 3.8) is 0 Å². The molecule has 4 aromatic rings. The SMILES string of the molecule is CC(C)(C)c1ccc(C(=O)Cc2cc(NCc3ccc(C(F)(F)F)cc3)n3nccc3n2)cc1. The fraction of sp³-hybridized carbons (Fsp3) is 0.269. The van der Waals surface area contributed by atoms with E-state index in [0.29, 0.717) is 34.8 Å². The maximum atomic E-state index is 12.9. The quantitative estimate of drug-likeness (QED) is 0.350. The number of alkyl halides is 3. The molecule has 0 aliphatic heterocycles. The molecule has 2 aromatic heterocycles. The van der Waals surface area contributed by atoms with E-state index in [1.807, 2.05) is 24.3 Å². The Balaban J connectivity index is 1.51. The van der Waals surface area contributed by atoms with Crippen LogP contribution in [-0.2, 0) is 24.6 Å². The molecule has 0 radical (unpaired) electrons. The molecule has 8 heteroatoms. The Kier molecular flexibility index (Phi) is 6.17. The molecule has 1 N–H and O–H groups in total. The van der Waals surface area contributed by atoms with E-state index in [1.165, 1.54) is 12.1 Å². The van der Waals surface area contributed by atoms with E-state index in [2.05, 4.69) is 36.2 Å². The lowest BCUT2D eigenvalue weighted by Crippen LogP contribution is -2.12. The smallest absolute Gasteiger partial charge is 0.366 e. The van der Waals surface area contributed by atoms with Crippen LogP contribution in [-0.4, -0.2) is 20.4 Å². The van der Waals surface area contributed by atoms with Gasteiger partial charge in [-0.1, -0.05) is 57.2 Å². The lowest BCUT2D eigenvalue weighted by Gasteiger charge is -2.19. The number of anilines is 1. The van der Waals surface area contributed by atoms with Crippen molar-refractivity contribution < 1.29 is 18.0 Å². The highest BCUT2D eigenvalue weighted by atomic mass is 19.4. The fourth-order valence-corrected chi connectivity index (χ4v) is 3.61. The Morgan fingerprint density at radius 2 is 1.59 bits per heavy atom. The molecular weight excluding hydrogens is 441 g/mol. The Morgan fingerprint density at radius 3 is 2.21 bits per heavy atom. The molecule has 34 heavy (non-hydrogen) atoms. The molecule has 0 aliphatic carbocycles. The number of carbonyl (C=O) groups excluding carboxylic acids is 1. The first-order valence-corrected chi connectivity index (χ1v) is 10.9. The first-order valence-electron chi connectivity index (χ1n) is 10.9. The standard InChI is InChI=1S/C26H25F3N4O/c1-25(2,3)19-10-6-18(7-11-19)22(34)14-21-15-24(33-23(32-21)12-13-31-33)30-16-17-4-8-20(9-5-17)26(27,28)29/h4-13,15,30H,14,16H2,1-3H3. The van der Waals surface area contributed by atoms with Gasteiger partial charge in [0.1, 0.15) is 5.82 Å². The second-order valence-electron chi connectivity index (χ2n) is 9.21. The van der Waals surface area contributed by atoms with Gasteiger partial charge in [-0.15, -0.1) is 0 Å². The average molecular weight is 467 g/mol. The van der Waals surface area contributed by atoms with E-state index in [-0.39, 0.29) is 17.6 Å². The topological polar surface area (TPSA) is 59.3 Å². The molecule has 0 amide bonds. The van der Waals surface area contributed by atoms with E-state index < -0.39 is 11.7 Å². The summed E-state index contributed by atoms with van der Waals surface area (Å²) in [7, 11) is 0. The molecule has 5 nitrogen and oxygen atoms in total. The molecule has 176 valence electrons. The summed E-state index contributed by atoms with van der Waals surface area (Å²) in [6.45, 7) is 6.65. The van der Waals surface area contributed by atoms with Crippen LogP contribution >= 0.6 is 0 Å². The second kappa shape index (κ2) is 8.93. The van der Waals surface area contributed by atoms with Gasteiger partial charge in [0.15, 0.2) is 11.4 Å². The molecule has 0 aliphatic rings. The van der Waals surface area contributed by atoms with Gasteiger partial charge in [-0.25, -0.2) is 4.98 Å². The summed E-state index contributed by atoms with van der Waals surface area (Å²) in [6.07, 6.45) is -2.65. The Labute approximate surface area is 195 Å². The molecule has 2 heterocycles. The van der Waals surface area contributed by atoms with Gasteiger partial charge in [-0.2, -0.15) is 22.8 Å². The van der Waals surface area contributed by atoms with Crippen molar-refractivity contribution in [2.24, 2.45) is 0 Å². The number of halogens is 3. The third kappa shape index (κ3) is 5.27. The number of Topliss-reactive ketones (excluding diaryl/α,β-unsaturated/α-hetero) is 1. The predicted octanol–water partition coefficient (Wildman–Crippen LogP) is 6.08. The second-order valence-corrected chi connectivity index (χ2v) is 9.21. The van der Waals surface area contributed by atoms with Gasteiger partial charge in [0.2, 0.25) is 0 Å². The summed E-state index contributed by atoms with van der Waals surface area (Å²) in [5.74, 6) is 0.547. The lowest BCUT2D eigenvalue weighted by molar-refractivity contribution is -0.137. The number of hydrogen-bond acceptors (Lipinski definition) is 4. The molecule has 0 unspecified atom stereocenters. The van der Waals surface area contributed by atoms with E-state index in [4.69, 9.17) is 0 Å². The summed E-state index contributed by atoms with van der Waals surface area (Å²) in [5, 5.41) is 7.44. The summed E-state index contributed by atoms with van der Waals surface area (Å²) in [6, 6.07) is 16.1. The minimum Gasteiger partial charge on any atom is -0.366 e. The first kappa shape index (κ1) is 23.5. The normalized spacial score (nSPS) is 12.2. The first-order chi connectivity index (χ1) is 16.0. The van der Waals surface area contributed by atoms with Gasteiger partial charge in [0.25, 0.3) is 0 Å². The van der Waals surface area contributed by atoms with Crippen molar-refractivity contribution in [2.45, 2.75) is 45.3 Å². The molecular formula is C26H25F3N4O. The number of benzene rings is 2. The Morgan fingerprint density at radius 1 is 0.941 bits per heavy atom. The van der Waals surface area contributed by atoms with E-state index in [0.717, 1.165) is 17.7 Å². The highest BCUT2D eigenvalue weighted by Gasteiger charge is 2.29. The van der Waals surface area contributed by atoms with Crippen LogP contribution < -0.4 is 5.32 Å². The van der Waals surface area contributed by atoms with Crippen LogP contribution in [0.5, 0.6) is 0 Å². The zero-order valence-corrected chi connectivity index (χ0v) is 19.1. The number of hydrogen-bond donors (Lipinski definition) is 1.